The van der Waals surface area contributed by atoms with Crippen LogP contribution in [0.4, 0.5) is 0 Å². The van der Waals surface area contributed by atoms with E-state index in [0.717, 1.165) is 11.8 Å². The van der Waals surface area contributed by atoms with Gasteiger partial charge >= 0.3 is 0 Å². The standard InChI is InChI=1S/C12H12ClN3O4S2/c1-9-2-4-10(5-3-9)21(17,18)15-16-22(19,20)11-6-7-12(13)14-8-11/h2-8,15-16H,1H3. The number of nitrogens with zero attached hydrogens (tertiary/aromatic N) is 1. The van der Waals surface area contributed by atoms with Crippen LogP contribution in [0.3, 0.4) is 0 Å². The number of hydrazine groups is 1. The van der Waals surface area contributed by atoms with Gasteiger partial charge in [0, 0.05) is 6.20 Å². The zero-order valence-electron chi connectivity index (χ0n) is 11.3. The van der Waals surface area contributed by atoms with Crippen molar-refractivity contribution in [2.75, 3.05) is 0 Å². The maximum Gasteiger partial charge on any atom is 0.255 e. The number of aromatic nitrogens is 1. The van der Waals surface area contributed by atoms with Crippen LogP contribution in [0.2, 0.25) is 5.15 Å². The molecule has 2 N–H and O–H groups in total. The summed E-state index contributed by atoms with van der Waals surface area (Å²) in [5.74, 6) is 0. The Morgan fingerprint density at radius 3 is 1.86 bits per heavy atom. The zero-order valence-corrected chi connectivity index (χ0v) is 13.7. The van der Waals surface area contributed by atoms with E-state index in [1.807, 2.05) is 4.83 Å². The highest BCUT2D eigenvalue weighted by atomic mass is 35.5. The number of halogens is 1. The van der Waals surface area contributed by atoms with Crippen molar-refractivity contribution in [3.63, 3.8) is 0 Å². The van der Waals surface area contributed by atoms with Crippen molar-refractivity contribution < 1.29 is 16.8 Å². The molecule has 0 saturated heterocycles. The highest BCUT2D eigenvalue weighted by molar-refractivity contribution is 7.92. The molecule has 0 unspecified atom stereocenters. The Hall–Kier alpha value is -1.52. The highest BCUT2D eigenvalue weighted by Gasteiger charge is 2.20. The first-order chi connectivity index (χ1) is 10.2. The number of hydrogen-bond donors (Lipinski definition) is 2. The summed E-state index contributed by atoms with van der Waals surface area (Å²) in [7, 11) is -8.10. The van der Waals surface area contributed by atoms with Gasteiger partial charge in [0.1, 0.15) is 10.0 Å². The van der Waals surface area contributed by atoms with E-state index in [4.69, 9.17) is 11.6 Å². The van der Waals surface area contributed by atoms with Gasteiger partial charge in [0.25, 0.3) is 20.0 Å². The van der Waals surface area contributed by atoms with Gasteiger partial charge in [-0.25, -0.2) is 21.8 Å². The lowest BCUT2D eigenvalue weighted by Gasteiger charge is -2.09. The Morgan fingerprint density at radius 1 is 0.864 bits per heavy atom. The molecule has 0 amide bonds. The number of rotatable bonds is 5. The number of nitrogens with one attached hydrogen (secondary N) is 2. The predicted molar refractivity (Wildman–Crippen MR) is 81.1 cm³/mol. The van der Waals surface area contributed by atoms with Crippen molar-refractivity contribution >= 4 is 31.6 Å². The van der Waals surface area contributed by atoms with Crippen molar-refractivity contribution in [2.24, 2.45) is 0 Å². The van der Waals surface area contributed by atoms with Gasteiger partial charge in [-0.3, -0.25) is 0 Å². The second kappa shape index (κ2) is 6.31. The molecule has 2 aromatic rings. The van der Waals surface area contributed by atoms with Gasteiger partial charge in [-0.05, 0) is 31.2 Å². The molecule has 10 heteroatoms. The van der Waals surface area contributed by atoms with Crippen molar-refractivity contribution in [3.8, 4) is 0 Å². The predicted octanol–water partition coefficient (Wildman–Crippen LogP) is 1.22. The summed E-state index contributed by atoms with van der Waals surface area (Å²) in [6.45, 7) is 1.81. The SMILES string of the molecule is Cc1ccc(S(=O)(=O)NNS(=O)(=O)c2ccc(Cl)nc2)cc1. The summed E-state index contributed by atoms with van der Waals surface area (Å²) in [5.41, 5.74) is 0.881. The minimum Gasteiger partial charge on any atom is -0.243 e. The van der Waals surface area contributed by atoms with Crippen molar-refractivity contribution in [3.05, 3.63) is 53.3 Å². The molecule has 0 saturated carbocycles. The fourth-order valence-electron chi connectivity index (χ4n) is 1.47. The lowest BCUT2D eigenvalue weighted by Crippen LogP contribution is -2.41. The number of pyridine rings is 1. The second-order valence-electron chi connectivity index (χ2n) is 4.34. The summed E-state index contributed by atoms with van der Waals surface area (Å²) >= 11 is 5.57. The van der Waals surface area contributed by atoms with Crippen LogP contribution >= 0.6 is 11.6 Å². The molecule has 0 aliphatic heterocycles. The first kappa shape index (κ1) is 16.8. The van der Waals surface area contributed by atoms with Crippen LogP contribution in [0.5, 0.6) is 0 Å². The average Bonchev–Trinajstić information content (AvgIpc) is 2.46. The lowest BCUT2D eigenvalue weighted by molar-refractivity contribution is 0.557. The molecule has 0 bridgehead atoms. The zero-order chi connectivity index (χ0) is 16.4. The van der Waals surface area contributed by atoms with Crippen LogP contribution in [-0.2, 0) is 20.0 Å². The van der Waals surface area contributed by atoms with Crippen LogP contribution < -0.4 is 9.66 Å². The van der Waals surface area contributed by atoms with Gasteiger partial charge in [0.2, 0.25) is 0 Å². The van der Waals surface area contributed by atoms with Crippen molar-refractivity contribution in [1.82, 2.24) is 14.6 Å². The van der Waals surface area contributed by atoms with E-state index >= 15 is 0 Å². The minimum atomic E-state index is -4.09. The largest absolute Gasteiger partial charge is 0.255 e. The van der Waals surface area contributed by atoms with Gasteiger partial charge in [0.15, 0.2) is 0 Å². The number of benzene rings is 1. The number of sulfonamides is 2. The normalized spacial score (nSPS) is 12.3. The quantitative estimate of drug-likeness (QED) is 0.615. The Bertz CT molecular complexity index is 788. The molecule has 0 atom stereocenters. The van der Waals surface area contributed by atoms with Crippen LogP contribution in [0, 0.1) is 6.92 Å². The third-order valence-corrected chi connectivity index (χ3v) is 5.50. The summed E-state index contributed by atoms with van der Waals surface area (Å²) in [6.07, 6.45) is 1.02. The lowest BCUT2D eigenvalue weighted by atomic mass is 10.2. The molecule has 0 aliphatic rings. The molecule has 0 aliphatic carbocycles. The second-order valence-corrected chi connectivity index (χ2v) is 8.09. The Balaban J connectivity index is 2.17. The molecule has 0 spiro atoms. The van der Waals surface area contributed by atoms with Crippen LogP contribution in [0.15, 0.2) is 52.4 Å². The maximum absolute atomic E-state index is 12.0. The van der Waals surface area contributed by atoms with E-state index in [-0.39, 0.29) is 14.9 Å². The smallest absolute Gasteiger partial charge is 0.243 e. The van der Waals surface area contributed by atoms with E-state index in [1.165, 1.54) is 24.3 Å². The van der Waals surface area contributed by atoms with Crippen molar-refractivity contribution in [2.45, 2.75) is 16.7 Å². The summed E-state index contributed by atoms with van der Waals surface area (Å²) in [5, 5.41) is 0.124. The first-order valence-electron chi connectivity index (χ1n) is 5.92. The molecule has 118 valence electrons. The fraction of sp³-hybridized carbons (Fsp3) is 0.0833. The Morgan fingerprint density at radius 2 is 1.36 bits per heavy atom. The van der Waals surface area contributed by atoms with E-state index in [2.05, 4.69) is 4.98 Å². The first-order valence-corrected chi connectivity index (χ1v) is 9.27. The molecule has 7 nitrogen and oxygen atoms in total. The van der Waals surface area contributed by atoms with Gasteiger partial charge in [-0.2, -0.15) is 0 Å². The number of hydrogen-bond acceptors (Lipinski definition) is 5. The van der Waals surface area contributed by atoms with Gasteiger partial charge < -0.3 is 0 Å². The summed E-state index contributed by atoms with van der Waals surface area (Å²) in [6, 6.07) is 8.44. The van der Waals surface area contributed by atoms with E-state index < -0.39 is 20.0 Å². The average molecular weight is 362 g/mol. The highest BCUT2D eigenvalue weighted by Crippen LogP contribution is 2.12. The van der Waals surface area contributed by atoms with Gasteiger partial charge in [-0.15, -0.1) is 9.66 Å². The minimum absolute atomic E-state index is 0.0602. The Kier molecular flexibility index (Phi) is 4.83. The molecule has 0 fully saturated rings. The van der Waals surface area contributed by atoms with Gasteiger partial charge in [-0.1, -0.05) is 29.3 Å². The van der Waals surface area contributed by atoms with E-state index in [9.17, 15) is 16.8 Å². The molecular weight excluding hydrogens is 350 g/mol. The molecule has 1 aromatic heterocycles. The Labute approximate surface area is 133 Å². The topological polar surface area (TPSA) is 105 Å². The molecule has 2 rings (SSSR count). The molecule has 1 heterocycles. The number of aryl methyl sites for hydroxylation is 1. The van der Waals surface area contributed by atoms with E-state index in [0.29, 0.717) is 0 Å². The summed E-state index contributed by atoms with van der Waals surface area (Å²) in [4.78, 5) is 6.97. The maximum atomic E-state index is 12.0. The summed E-state index contributed by atoms with van der Waals surface area (Å²) < 4.78 is 47.9. The van der Waals surface area contributed by atoms with Crippen LogP contribution in [-0.4, -0.2) is 21.8 Å². The molecular formula is C12H12ClN3O4S2. The van der Waals surface area contributed by atoms with Crippen LogP contribution in [0.1, 0.15) is 5.56 Å². The molecule has 1 aromatic carbocycles. The third kappa shape index (κ3) is 4.02. The third-order valence-electron chi connectivity index (χ3n) is 2.65. The molecule has 22 heavy (non-hydrogen) atoms. The fourth-order valence-corrected chi connectivity index (χ4v) is 3.62. The molecule has 0 radical (unpaired) electrons. The monoisotopic (exact) mass is 361 g/mol. The van der Waals surface area contributed by atoms with E-state index in [1.54, 1.807) is 23.9 Å². The van der Waals surface area contributed by atoms with Crippen molar-refractivity contribution in [1.29, 1.82) is 0 Å². The van der Waals surface area contributed by atoms with Gasteiger partial charge in [0.05, 0.1) is 4.90 Å². The van der Waals surface area contributed by atoms with Crippen LogP contribution in [0.25, 0.3) is 0 Å².